The molecule has 2 aromatic rings. The Bertz CT molecular complexity index is 636. The van der Waals surface area contributed by atoms with E-state index in [0.29, 0.717) is 16.9 Å². The third-order valence-electron chi connectivity index (χ3n) is 2.80. The maximum absolute atomic E-state index is 12.1. The molecule has 5 heteroatoms. The SMILES string of the molecule is Cc1ccccc1C(=O)Nc1ccc(CC(=O)O)nc1. The summed E-state index contributed by atoms with van der Waals surface area (Å²) in [7, 11) is 0. The van der Waals surface area contributed by atoms with Crippen molar-refractivity contribution >= 4 is 17.6 Å². The molecule has 1 aromatic carbocycles. The number of amides is 1. The number of anilines is 1. The van der Waals surface area contributed by atoms with Gasteiger partial charge in [0.15, 0.2) is 0 Å². The summed E-state index contributed by atoms with van der Waals surface area (Å²) in [5.41, 5.74) is 2.47. The van der Waals surface area contributed by atoms with E-state index in [-0.39, 0.29) is 12.3 Å². The monoisotopic (exact) mass is 270 g/mol. The number of benzene rings is 1. The summed E-state index contributed by atoms with van der Waals surface area (Å²) in [6.45, 7) is 1.86. The number of rotatable bonds is 4. The molecule has 1 heterocycles. The van der Waals surface area contributed by atoms with Gasteiger partial charge in [-0.15, -0.1) is 0 Å². The Balaban J connectivity index is 2.09. The summed E-state index contributed by atoms with van der Waals surface area (Å²) < 4.78 is 0. The van der Waals surface area contributed by atoms with Crippen molar-refractivity contribution in [3.05, 3.63) is 59.4 Å². The van der Waals surface area contributed by atoms with Gasteiger partial charge in [-0.1, -0.05) is 18.2 Å². The van der Waals surface area contributed by atoms with Crippen molar-refractivity contribution in [2.45, 2.75) is 13.3 Å². The zero-order valence-electron chi connectivity index (χ0n) is 11.0. The Kier molecular flexibility index (Phi) is 4.10. The van der Waals surface area contributed by atoms with Gasteiger partial charge in [0.25, 0.3) is 5.91 Å². The molecule has 20 heavy (non-hydrogen) atoms. The van der Waals surface area contributed by atoms with Gasteiger partial charge >= 0.3 is 5.97 Å². The number of nitrogens with zero attached hydrogens (tertiary/aromatic N) is 1. The highest BCUT2D eigenvalue weighted by Gasteiger charge is 2.09. The minimum absolute atomic E-state index is 0.133. The third-order valence-corrected chi connectivity index (χ3v) is 2.80. The van der Waals surface area contributed by atoms with E-state index >= 15 is 0 Å². The lowest BCUT2D eigenvalue weighted by Crippen LogP contribution is -2.13. The van der Waals surface area contributed by atoms with Crippen LogP contribution in [-0.2, 0) is 11.2 Å². The van der Waals surface area contributed by atoms with Crippen LogP contribution in [0.15, 0.2) is 42.6 Å². The molecule has 1 amide bonds. The van der Waals surface area contributed by atoms with E-state index in [9.17, 15) is 9.59 Å². The fraction of sp³-hybridized carbons (Fsp3) is 0.133. The van der Waals surface area contributed by atoms with Gasteiger partial charge in [0.1, 0.15) is 0 Å². The average Bonchev–Trinajstić information content (AvgIpc) is 2.41. The first-order valence-corrected chi connectivity index (χ1v) is 6.10. The summed E-state index contributed by atoms with van der Waals surface area (Å²) in [5, 5.41) is 11.4. The van der Waals surface area contributed by atoms with Gasteiger partial charge in [0, 0.05) is 5.56 Å². The van der Waals surface area contributed by atoms with Crippen LogP contribution >= 0.6 is 0 Å². The normalized spacial score (nSPS) is 10.1. The predicted molar refractivity (Wildman–Crippen MR) is 74.7 cm³/mol. The number of pyridine rings is 1. The lowest BCUT2D eigenvalue weighted by Gasteiger charge is -2.07. The first-order valence-electron chi connectivity index (χ1n) is 6.10. The number of nitrogens with one attached hydrogen (secondary N) is 1. The van der Waals surface area contributed by atoms with E-state index in [2.05, 4.69) is 10.3 Å². The molecule has 0 spiro atoms. The van der Waals surface area contributed by atoms with Gasteiger partial charge in [0.05, 0.1) is 24.0 Å². The Morgan fingerprint density at radius 2 is 1.95 bits per heavy atom. The molecule has 0 unspecified atom stereocenters. The second-order valence-corrected chi connectivity index (χ2v) is 4.38. The number of hydrogen-bond acceptors (Lipinski definition) is 3. The summed E-state index contributed by atoms with van der Waals surface area (Å²) in [5.74, 6) is -1.15. The molecule has 0 radical (unpaired) electrons. The molecule has 5 nitrogen and oxygen atoms in total. The Hall–Kier alpha value is -2.69. The number of aromatic nitrogens is 1. The highest BCUT2D eigenvalue weighted by Crippen LogP contribution is 2.12. The van der Waals surface area contributed by atoms with Crippen molar-refractivity contribution in [3.8, 4) is 0 Å². The van der Waals surface area contributed by atoms with Crippen LogP contribution in [0.1, 0.15) is 21.6 Å². The van der Waals surface area contributed by atoms with E-state index in [1.54, 1.807) is 24.3 Å². The molecule has 2 N–H and O–H groups in total. The van der Waals surface area contributed by atoms with Crippen LogP contribution in [0.5, 0.6) is 0 Å². The molecular formula is C15H14N2O3. The van der Waals surface area contributed by atoms with Crippen LogP contribution in [0.4, 0.5) is 5.69 Å². The zero-order chi connectivity index (χ0) is 14.5. The molecule has 0 saturated heterocycles. The van der Waals surface area contributed by atoms with Crippen LogP contribution in [0, 0.1) is 6.92 Å². The van der Waals surface area contributed by atoms with E-state index in [0.717, 1.165) is 5.56 Å². The molecule has 0 aliphatic rings. The van der Waals surface area contributed by atoms with Crippen molar-refractivity contribution in [1.82, 2.24) is 4.98 Å². The number of carbonyl (C=O) groups is 2. The van der Waals surface area contributed by atoms with Crippen LogP contribution < -0.4 is 5.32 Å². The predicted octanol–water partition coefficient (Wildman–Crippen LogP) is 2.27. The Labute approximate surface area is 116 Å². The summed E-state index contributed by atoms with van der Waals surface area (Å²) in [4.78, 5) is 26.6. The topological polar surface area (TPSA) is 79.3 Å². The highest BCUT2D eigenvalue weighted by atomic mass is 16.4. The van der Waals surface area contributed by atoms with Crippen LogP contribution in [0.3, 0.4) is 0 Å². The highest BCUT2D eigenvalue weighted by molar-refractivity contribution is 6.05. The smallest absolute Gasteiger partial charge is 0.309 e. The number of carboxylic acids is 1. The summed E-state index contributed by atoms with van der Waals surface area (Å²) >= 11 is 0. The minimum atomic E-state index is -0.936. The summed E-state index contributed by atoms with van der Waals surface area (Å²) in [6, 6.07) is 10.5. The summed E-state index contributed by atoms with van der Waals surface area (Å²) in [6.07, 6.45) is 1.32. The van der Waals surface area contributed by atoms with Gasteiger partial charge in [-0.3, -0.25) is 14.6 Å². The number of carboxylic acid groups (broad SMARTS) is 1. The Morgan fingerprint density at radius 1 is 1.20 bits per heavy atom. The van der Waals surface area contributed by atoms with Gasteiger partial charge in [-0.05, 0) is 30.7 Å². The molecule has 2 rings (SSSR count). The fourth-order valence-electron chi connectivity index (χ4n) is 1.78. The van der Waals surface area contributed by atoms with Crippen molar-refractivity contribution in [2.24, 2.45) is 0 Å². The van der Waals surface area contributed by atoms with E-state index < -0.39 is 5.97 Å². The van der Waals surface area contributed by atoms with Gasteiger partial charge in [-0.2, -0.15) is 0 Å². The van der Waals surface area contributed by atoms with Crippen molar-refractivity contribution < 1.29 is 14.7 Å². The standard InChI is InChI=1S/C15H14N2O3/c1-10-4-2-3-5-13(10)15(20)17-12-7-6-11(16-9-12)8-14(18)19/h2-7,9H,8H2,1H3,(H,17,20)(H,18,19). The third kappa shape index (κ3) is 3.41. The van der Waals surface area contributed by atoms with Crippen LogP contribution in [0.2, 0.25) is 0 Å². The average molecular weight is 270 g/mol. The molecule has 0 saturated carbocycles. The van der Waals surface area contributed by atoms with Gasteiger partial charge in [0.2, 0.25) is 0 Å². The van der Waals surface area contributed by atoms with Crippen LogP contribution in [-0.4, -0.2) is 22.0 Å². The second-order valence-electron chi connectivity index (χ2n) is 4.38. The molecule has 0 bridgehead atoms. The van der Waals surface area contributed by atoms with Gasteiger partial charge in [-0.25, -0.2) is 0 Å². The molecule has 0 aliphatic carbocycles. The maximum atomic E-state index is 12.1. The van der Waals surface area contributed by atoms with Crippen molar-refractivity contribution in [3.63, 3.8) is 0 Å². The molecule has 1 aromatic heterocycles. The number of aryl methyl sites for hydroxylation is 1. The maximum Gasteiger partial charge on any atom is 0.309 e. The molecular weight excluding hydrogens is 256 g/mol. The van der Waals surface area contributed by atoms with Crippen molar-refractivity contribution in [1.29, 1.82) is 0 Å². The number of aliphatic carboxylic acids is 1. The molecule has 0 aliphatic heterocycles. The first-order chi connectivity index (χ1) is 9.56. The fourth-order valence-corrected chi connectivity index (χ4v) is 1.78. The minimum Gasteiger partial charge on any atom is -0.481 e. The molecule has 0 atom stereocenters. The lowest BCUT2D eigenvalue weighted by molar-refractivity contribution is -0.136. The van der Waals surface area contributed by atoms with E-state index in [1.165, 1.54) is 6.20 Å². The van der Waals surface area contributed by atoms with Crippen molar-refractivity contribution in [2.75, 3.05) is 5.32 Å². The second kappa shape index (κ2) is 5.97. The first kappa shape index (κ1) is 13.7. The van der Waals surface area contributed by atoms with Crippen LogP contribution in [0.25, 0.3) is 0 Å². The lowest BCUT2D eigenvalue weighted by atomic mass is 10.1. The van der Waals surface area contributed by atoms with E-state index in [4.69, 9.17) is 5.11 Å². The van der Waals surface area contributed by atoms with E-state index in [1.807, 2.05) is 19.1 Å². The number of carbonyl (C=O) groups excluding carboxylic acids is 1. The largest absolute Gasteiger partial charge is 0.481 e. The molecule has 0 fully saturated rings. The van der Waals surface area contributed by atoms with Gasteiger partial charge < -0.3 is 10.4 Å². The zero-order valence-corrected chi connectivity index (χ0v) is 11.0. The Morgan fingerprint density at radius 3 is 2.55 bits per heavy atom. The molecule has 102 valence electrons. The number of hydrogen-bond donors (Lipinski definition) is 2. The quantitative estimate of drug-likeness (QED) is 0.893.